The zero-order valence-electron chi connectivity index (χ0n) is 12.4. The summed E-state index contributed by atoms with van der Waals surface area (Å²) in [7, 11) is 0. The van der Waals surface area contributed by atoms with Gasteiger partial charge in [0.05, 0.1) is 16.6 Å². The van der Waals surface area contributed by atoms with Crippen LogP contribution in [-0.2, 0) is 0 Å². The number of rotatable bonds is 3. The van der Waals surface area contributed by atoms with Crippen LogP contribution in [0.5, 0.6) is 5.75 Å². The molecule has 0 unspecified atom stereocenters. The number of hydrogen-bond donors (Lipinski definition) is 1. The van der Waals surface area contributed by atoms with Crippen molar-refractivity contribution in [2.75, 3.05) is 0 Å². The minimum atomic E-state index is 0.201. The average molecular weight is 333 g/mol. The van der Waals surface area contributed by atoms with Crippen molar-refractivity contribution in [1.82, 2.24) is 15.0 Å². The summed E-state index contributed by atoms with van der Waals surface area (Å²) in [6.07, 6.45) is 4.27. The number of carbonyl (C=O) groups is 1. The van der Waals surface area contributed by atoms with Crippen molar-refractivity contribution in [3.05, 3.63) is 59.0 Å². The lowest BCUT2D eigenvalue weighted by Crippen LogP contribution is -1.92. The number of hydrogen-bond acceptors (Lipinski definition) is 6. The van der Waals surface area contributed by atoms with Crippen LogP contribution in [-0.4, -0.2) is 26.3 Å². The molecule has 1 N–H and O–H groups in total. The minimum Gasteiger partial charge on any atom is -0.508 e. The van der Waals surface area contributed by atoms with Gasteiger partial charge in [-0.05, 0) is 47.3 Å². The van der Waals surface area contributed by atoms with Gasteiger partial charge < -0.3 is 5.11 Å². The maximum atomic E-state index is 10.8. The summed E-state index contributed by atoms with van der Waals surface area (Å²) in [4.78, 5) is 24.8. The Morgan fingerprint density at radius 1 is 0.917 bits per heavy atom. The largest absolute Gasteiger partial charge is 0.508 e. The lowest BCUT2D eigenvalue weighted by Gasteiger charge is -2.04. The Labute approximate surface area is 141 Å². The van der Waals surface area contributed by atoms with Gasteiger partial charge in [-0.3, -0.25) is 9.78 Å². The Morgan fingerprint density at radius 2 is 1.75 bits per heavy atom. The highest BCUT2D eigenvalue weighted by atomic mass is 32.1. The number of phenols is 1. The first kappa shape index (κ1) is 14.5. The average Bonchev–Trinajstić information content (AvgIpc) is 3.11. The molecule has 0 bridgehead atoms. The Kier molecular flexibility index (Phi) is 3.51. The molecule has 6 heteroatoms. The molecule has 3 aromatic heterocycles. The topological polar surface area (TPSA) is 76.0 Å². The van der Waals surface area contributed by atoms with E-state index >= 15 is 0 Å². The van der Waals surface area contributed by atoms with Crippen molar-refractivity contribution in [1.29, 1.82) is 0 Å². The van der Waals surface area contributed by atoms with E-state index in [2.05, 4.69) is 15.0 Å². The maximum absolute atomic E-state index is 10.8. The van der Waals surface area contributed by atoms with Gasteiger partial charge >= 0.3 is 0 Å². The molecule has 0 saturated carbocycles. The van der Waals surface area contributed by atoms with Crippen LogP contribution in [0.1, 0.15) is 9.67 Å². The predicted molar refractivity (Wildman–Crippen MR) is 93.1 cm³/mol. The molecule has 0 fully saturated rings. The van der Waals surface area contributed by atoms with Gasteiger partial charge in [-0.15, -0.1) is 11.3 Å². The van der Waals surface area contributed by atoms with Gasteiger partial charge in [0, 0.05) is 17.3 Å². The second-order valence-corrected chi connectivity index (χ2v) is 6.17. The lowest BCUT2D eigenvalue weighted by atomic mass is 10.1. The highest BCUT2D eigenvalue weighted by molar-refractivity contribution is 7.12. The third-order valence-electron chi connectivity index (χ3n) is 3.63. The standard InChI is InChI=1S/C18H11N3O2S/c22-9-15-5-13(10-24-15)12-6-16-17(19-7-12)8-20-18(21-16)11-1-3-14(23)4-2-11/h1-10,23H. The van der Waals surface area contributed by atoms with E-state index in [1.807, 2.05) is 17.5 Å². The molecule has 24 heavy (non-hydrogen) atoms. The van der Waals surface area contributed by atoms with Crippen LogP contribution in [0.15, 0.2) is 54.2 Å². The molecule has 4 rings (SSSR count). The molecular weight excluding hydrogens is 322 g/mol. The molecule has 0 aliphatic rings. The summed E-state index contributed by atoms with van der Waals surface area (Å²) < 4.78 is 0. The van der Waals surface area contributed by atoms with Crippen LogP contribution < -0.4 is 0 Å². The van der Waals surface area contributed by atoms with E-state index in [4.69, 9.17) is 0 Å². The molecule has 0 atom stereocenters. The SMILES string of the molecule is O=Cc1cc(-c2cnc3cnc(-c4ccc(O)cc4)nc3c2)cs1. The van der Waals surface area contributed by atoms with Crippen molar-refractivity contribution in [3.8, 4) is 28.3 Å². The van der Waals surface area contributed by atoms with Crippen LogP contribution in [0.4, 0.5) is 0 Å². The number of pyridine rings is 1. The molecule has 1 aromatic carbocycles. The zero-order chi connectivity index (χ0) is 16.5. The molecule has 0 aliphatic carbocycles. The van der Waals surface area contributed by atoms with Gasteiger partial charge in [0.15, 0.2) is 12.1 Å². The summed E-state index contributed by atoms with van der Waals surface area (Å²) in [6.45, 7) is 0. The number of fused-ring (bicyclic) bond motifs is 1. The molecule has 0 saturated heterocycles. The van der Waals surface area contributed by atoms with Crippen molar-refractivity contribution in [2.45, 2.75) is 0 Å². The van der Waals surface area contributed by atoms with E-state index < -0.39 is 0 Å². The van der Waals surface area contributed by atoms with Crippen LogP contribution in [0.25, 0.3) is 33.5 Å². The molecular formula is C18H11N3O2S. The Hall–Kier alpha value is -3.12. The van der Waals surface area contributed by atoms with E-state index in [0.717, 1.165) is 28.5 Å². The number of benzene rings is 1. The van der Waals surface area contributed by atoms with Crippen LogP contribution in [0, 0.1) is 0 Å². The van der Waals surface area contributed by atoms with Crippen molar-refractivity contribution in [3.63, 3.8) is 0 Å². The second kappa shape index (κ2) is 5.82. The number of carbonyl (C=O) groups excluding carboxylic acids is 1. The van der Waals surface area contributed by atoms with Crippen molar-refractivity contribution >= 4 is 28.7 Å². The highest BCUT2D eigenvalue weighted by Crippen LogP contribution is 2.27. The molecule has 5 nitrogen and oxygen atoms in total. The summed E-state index contributed by atoms with van der Waals surface area (Å²) in [5.41, 5.74) is 4.10. The van der Waals surface area contributed by atoms with Crippen LogP contribution >= 0.6 is 11.3 Å². The lowest BCUT2D eigenvalue weighted by molar-refractivity contribution is 0.112. The number of aromatic nitrogens is 3. The van der Waals surface area contributed by atoms with E-state index in [9.17, 15) is 9.90 Å². The molecule has 3 heterocycles. The van der Waals surface area contributed by atoms with Gasteiger partial charge in [0.25, 0.3) is 0 Å². The molecule has 0 spiro atoms. The maximum Gasteiger partial charge on any atom is 0.160 e. The predicted octanol–water partition coefficient (Wildman–Crippen LogP) is 3.94. The van der Waals surface area contributed by atoms with Gasteiger partial charge in [-0.2, -0.15) is 0 Å². The molecule has 0 radical (unpaired) electrons. The quantitative estimate of drug-likeness (QED) is 0.575. The van der Waals surface area contributed by atoms with Crippen molar-refractivity contribution < 1.29 is 9.90 Å². The van der Waals surface area contributed by atoms with Gasteiger partial charge in [0.2, 0.25) is 0 Å². The molecule has 4 aromatic rings. The van der Waals surface area contributed by atoms with Crippen molar-refractivity contribution in [2.24, 2.45) is 0 Å². The highest BCUT2D eigenvalue weighted by Gasteiger charge is 2.08. The first-order valence-electron chi connectivity index (χ1n) is 7.19. The summed E-state index contributed by atoms with van der Waals surface area (Å²) in [5, 5.41) is 11.3. The fourth-order valence-electron chi connectivity index (χ4n) is 2.39. The second-order valence-electron chi connectivity index (χ2n) is 5.22. The normalized spacial score (nSPS) is 10.8. The van der Waals surface area contributed by atoms with Crippen LogP contribution in [0.2, 0.25) is 0 Å². The van der Waals surface area contributed by atoms with Gasteiger partial charge in [0.1, 0.15) is 11.3 Å². The Bertz CT molecular complexity index is 1040. The number of thiophene rings is 1. The van der Waals surface area contributed by atoms with E-state index in [1.165, 1.54) is 11.3 Å². The van der Waals surface area contributed by atoms with Gasteiger partial charge in [-0.25, -0.2) is 9.97 Å². The summed E-state index contributed by atoms with van der Waals surface area (Å²) >= 11 is 1.40. The summed E-state index contributed by atoms with van der Waals surface area (Å²) in [6, 6.07) is 10.5. The summed E-state index contributed by atoms with van der Waals surface area (Å²) in [5.74, 6) is 0.771. The molecule has 116 valence electrons. The zero-order valence-corrected chi connectivity index (χ0v) is 13.2. The number of aldehydes is 1. The first-order valence-corrected chi connectivity index (χ1v) is 8.07. The van der Waals surface area contributed by atoms with Gasteiger partial charge in [-0.1, -0.05) is 0 Å². The fraction of sp³-hybridized carbons (Fsp3) is 0. The third kappa shape index (κ3) is 2.63. The number of aromatic hydroxyl groups is 1. The van der Waals surface area contributed by atoms with E-state index in [-0.39, 0.29) is 5.75 Å². The Morgan fingerprint density at radius 3 is 2.50 bits per heavy atom. The minimum absolute atomic E-state index is 0.201. The first-order chi connectivity index (χ1) is 11.7. The number of phenolic OH excluding ortho intramolecular Hbond substituents is 1. The molecule has 0 amide bonds. The van der Waals surface area contributed by atoms with E-state index in [0.29, 0.717) is 16.2 Å². The van der Waals surface area contributed by atoms with E-state index in [1.54, 1.807) is 36.7 Å². The Balaban J connectivity index is 1.80. The monoisotopic (exact) mass is 333 g/mol. The van der Waals surface area contributed by atoms with Crippen LogP contribution in [0.3, 0.4) is 0 Å². The fourth-order valence-corrected chi connectivity index (χ4v) is 3.11. The third-order valence-corrected chi connectivity index (χ3v) is 4.49. The molecule has 0 aliphatic heterocycles. The smallest absolute Gasteiger partial charge is 0.160 e. The number of nitrogens with zero attached hydrogens (tertiary/aromatic N) is 3.